The highest BCUT2D eigenvalue weighted by atomic mass is 32.1. The van der Waals surface area contributed by atoms with E-state index in [1.807, 2.05) is 18.2 Å². The topological polar surface area (TPSA) is 59.1 Å². The van der Waals surface area contributed by atoms with Crippen LogP contribution in [0.1, 0.15) is 4.88 Å². The van der Waals surface area contributed by atoms with Crippen molar-refractivity contribution in [2.75, 3.05) is 66.4 Å². The van der Waals surface area contributed by atoms with E-state index in [-0.39, 0.29) is 0 Å². The van der Waals surface area contributed by atoms with Gasteiger partial charge < -0.3 is 24.4 Å². The summed E-state index contributed by atoms with van der Waals surface area (Å²) in [4.78, 5) is 10.3. The number of piperazine rings is 1. The maximum atomic E-state index is 5.47. The van der Waals surface area contributed by atoms with Crippen LogP contribution in [0, 0.1) is 11.8 Å². The molecular formula is C24H28N4O3S. The molecule has 3 heterocycles. The second-order valence-corrected chi connectivity index (χ2v) is 8.66. The summed E-state index contributed by atoms with van der Waals surface area (Å²) in [6, 6.07) is 7.79. The zero-order chi connectivity index (χ0) is 22.5. The van der Waals surface area contributed by atoms with Crippen molar-refractivity contribution in [2.45, 2.75) is 0 Å². The van der Waals surface area contributed by atoms with Crippen molar-refractivity contribution in [1.29, 1.82) is 0 Å². The molecule has 2 aromatic heterocycles. The normalized spacial score (nSPS) is 14.6. The van der Waals surface area contributed by atoms with Crippen molar-refractivity contribution in [3.63, 3.8) is 0 Å². The van der Waals surface area contributed by atoms with Crippen molar-refractivity contribution in [3.8, 4) is 29.1 Å². The molecule has 0 radical (unpaired) electrons. The number of aromatic nitrogens is 1. The van der Waals surface area contributed by atoms with Gasteiger partial charge in [0.1, 0.15) is 0 Å². The molecule has 1 N–H and O–H groups in total. The number of pyridine rings is 1. The van der Waals surface area contributed by atoms with Crippen LogP contribution in [0.3, 0.4) is 0 Å². The first-order valence-electron chi connectivity index (χ1n) is 10.5. The number of fused-ring (bicyclic) bond motifs is 1. The van der Waals surface area contributed by atoms with Crippen LogP contribution in [0.15, 0.2) is 30.5 Å². The lowest BCUT2D eigenvalue weighted by atomic mass is 10.2. The molecule has 168 valence electrons. The lowest BCUT2D eigenvalue weighted by Gasteiger charge is -2.30. The van der Waals surface area contributed by atoms with Gasteiger partial charge in [0, 0.05) is 50.2 Å². The Morgan fingerprint density at radius 1 is 1.03 bits per heavy atom. The molecule has 32 heavy (non-hydrogen) atoms. The number of nitrogens with one attached hydrogen (secondary N) is 1. The molecule has 1 aliphatic heterocycles. The molecule has 0 bridgehead atoms. The monoisotopic (exact) mass is 452 g/mol. The Bertz CT molecular complexity index is 1120. The number of methoxy groups -OCH3 is 3. The van der Waals surface area contributed by atoms with Crippen molar-refractivity contribution in [3.05, 3.63) is 35.3 Å². The van der Waals surface area contributed by atoms with E-state index in [4.69, 9.17) is 14.2 Å². The van der Waals surface area contributed by atoms with Crippen LogP contribution in [0.5, 0.6) is 17.2 Å². The zero-order valence-electron chi connectivity index (χ0n) is 18.9. The number of nitrogens with zero attached hydrogens (tertiary/aromatic N) is 3. The van der Waals surface area contributed by atoms with Crippen LogP contribution < -0.4 is 19.5 Å². The molecule has 4 rings (SSSR count). The first-order valence-corrected chi connectivity index (χ1v) is 11.3. The minimum atomic E-state index is 0.564. The van der Waals surface area contributed by atoms with Gasteiger partial charge in [-0.2, -0.15) is 0 Å². The minimum absolute atomic E-state index is 0.564. The fourth-order valence-electron chi connectivity index (χ4n) is 3.65. The Morgan fingerprint density at radius 2 is 1.75 bits per heavy atom. The number of likely N-dealkylation sites (N-methyl/N-ethyl adjacent to an activating group) is 1. The van der Waals surface area contributed by atoms with Gasteiger partial charge in [-0.1, -0.05) is 11.8 Å². The van der Waals surface area contributed by atoms with Crippen LogP contribution in [0.2, 0.25) is 0 Å². The largest absolute Gasteiger partial charge is 0.493 e. The van der Waals surface area contributed by atoms with Crippen molar-refractivity contribution >= 4 is 32.9 Å². The van der Waals surface area contributed by atoms with E-state index in [2.05, 4.69) is 45.1 Å². The molecular weight excluding hydrogens is 424 g/mol. The number of benzene rings is 1. The number of thiophene rings is 1. The second kappa shape index (κ2) is 10.1. The molecule has 0 spiro atoms. The van der Waals surface area contributed by atoms with E-state index in [0.717, 1.165) is 59.2 Å². The van der Waals surface area contributed by atoms with Crippen LogP contribution in [-0.4, -0.2) is 75.9 Å². The van der Waals surface area contributed by atoms with E-state index >= 15 is 0 Å². The average molecular weight is 453 g/mol. The summed E-state index contributed by atoms with van der Waals surface area (Å²) < 4.78 is 17.4. The highest BCUT2D eigenvalue weighted by Crippen LogP contribution is 2.41. The smallest absolute Gasteiger partial charge is 0.203 e. The van der Waals surface area contributed by atoms with Crippen molar-refractivity contribution < 1.29 is 14.2 Å². The fourth-order valence-corrected chi connectivity index (χ4v) is 4.61. The molecule has 0 unspecified atom stereocenters. The standard InChI is InChI=1S/C24H28N4O3S/c1-27-10-12-28(13-11-27)9-5-6-18-16-20-24(32-18)19(7-8-25-20)26-17-14-21(29-2)23(31-4)22(15-17)30-3/h7-8,14-16H,9-13H2,1-4H3,(H,25,26). The fraction of sp³-hybridized carbons (Fsp3) is 0.375. The van der Waals surface area contributed by atoms with Crippen LogP contribution in [-0.2, 0) is 0 Å². The molecule has 1 saturated heterocycles. The van der Waals surface area contributed by atoms with Gasteiger partial charge in [0.15, 0.2) is 11.5 Å². The molecule has 0 amide bonds. The molecule has 0 saturated carbocycles. The molecule has 0 aliphatic carbocycles. The van der Waals surface area contributed by atoms with Gasteiger partial charge in [-0.25, -0.2) is 0 Å². The summed E-state index contributed by atoms with van der Waals surface area (Å²) in [5.41, 5.74) is 2.72. The van der Waals surface area contributed by atoms with Gasteiger partial charge in [-0.05, 0) is 19.2 Å². The van der Waals surface area contributed by atoms with Crippen molar-refractivity contribution in [2.24, 2.45) is 0 Å². The Kier molecular flexibility index (Phi) is 7.00. The highest BCUT2D eigenvalue weighted by Gasteiger charge is 2.15. The third-order valence-corrected chi connectivity index (χ3v) is 6.54. The number of hydrogen-bond donors (Lipinski definition) is 1. The maximum absolute atomic E-state index is 5.47. The van der Waals surface area contributed by atoms with E-state index in [9.17, 15) is 0 Å². The Labute approximate surface area is 192 Å². The lowest BCUT2D eigenvalue weighted by Crippen LogP contribution is -2.44. The van der Waals surface area contributed by atoms with Gasteiger partial charge in [0.05, 0.1) is 48.7 Å². The molecule has 7 nitrogen and oxygen atoms in total. The van der Waals surface area contributed by atoms with E-state index in [0.29, 0.717) is 17.2 Å². The first kappa shape index (κ1) is 22.2. The summed E-state index contributed by atoms with van der Waals surface area (Å²) >= 11 is 1.65. The molecule has 1 fully saturated rings. The molecule has 3 aromatic rings. The molecule has 0 atom stereocenters. The Balaban J connectivity index is 1.55. The summed E-state index contributed by atoms with van der Waals surface area (Å²) in [7, 11) is 6.98. The maximum Gasteiger partial charge on any atom is 0.203 e. The lowest BCUT2D eigenvalue weighted by molar-refractivity contribution is 0.168. The summed E-state index contributed by atoms with van der Waals surface area (Å²) in [6.07, 6.45) is 1.80. The Hall–Kier alpha value is -2.99. The number of anilines is 2. The molecule has 1 aliphatic rings. The number of rotatable bonds is 6. The van der Waals surface area contributed by atoms with Crippen LogP contribution >= 0.6 is 11.3 Å². The third kappa shape index (κ3) is 4.91. The van der Waals surface area contributed by atoms with Gasteiger partial charge in [0.25, 0.3) is 0 Å². The molecule has 1 aromatic carbocycles. The first-order chi connectivity index (χ1) is 15.6. The van der Waals surface area contributed by atoms with Gasteiger partial charge in [-0.15, -0.1) is 11.3 Å². The number of ether oxygens (including phenoxy) is 3. The van der Waals surface area contributed by atoms with Crippen molar-refractivity contribution in [1.82, 2.24) is 14.8 Å². The van der Waals surface area contributed by atoms with Gasteiger partial charge >= 0.3 is 0 Å². The average Bonchev–Trinajstić information content (AvgIpc) is 3.23. The zero-order valence-corrected chi connectivity index (χ0v) is 19.7. The Morgan fingerprint density at radius 3 is 2.41 bits per heavy atom. The number of hydrogen-bond acceptors (Lipinski definition) is 8. The summed E-state index contributed by atoms with van der Waals surface area (Å²) in [5, 5.41) is 3.47. The highest BCUT2D eigenvalue weighted by molar-refractivity contribution is 7.20. The predicted octanol–water partition coefficient (Wildman–Crippen LogP) is 3.66. The summed E-state index contributed by atoms with van der Waals surface area (Å²) in [5.74, 6) is 8.42. The molecule has 8 heteroatoms. The quantitative estimate of drug-likeness (QED) is 0.573. The van der Waals surface area contributed by atoms with Gasteiger partial charge in [0.2, 0.25) is 5.75 Å². The summed E-state index contributed by atoms with van der Waals surface area (Å²) in [6.45, 7) is 5.14. The third-order valence-electron chi connectivity index (χ3n) is 5.47. The minimum Gasteiger partial charge on any atom is -0.493 e. The van der Waals surface area contributed by atoms with E-state index < -0.39 is 0 Å². The predicted molar refractivity (Wildman–Crippen MR) is 130 cm³/mol. The van der Waals surface area contributed by atoms with Gasteiger partial charge in [-0.3, -0.25) is 9.88 Å². The second-order valence-electron chi connectivity index (χ2n) is 7.60. The SMILES string of the molecule is COc1cc(Nc2ccnc3cc(C#CCN4CCN(C)CC4)sc23)cc(OC)c1OC. The van der Waals surface area contributed by atoms with Crippen LogP contribution in [0.25, 0.3) is 10.2 Å². The van der Waals surface area contributed by atoms with E-state index in [1.54, 1.807) is 38.9 Å². The van der Waals surface area contributed by atoms with E-state index in [1.165, 1.54) is 0 Å². The van der Waals surface area contributed by atoms with Crippen LogP contribution in [0.4, 0.5) is 11.4 Å².